The van der Waals surface area contributed by atoms with Gasteiger partial charge in [0.15, 0.2) is 13.1 Å². The smallest absolute Gasteiger partial charge is 0.279 e. The minimum atomic E-state index is -0.215. The number of hydrogen-bond donors (Lipinski definition) is 3. The normalized spacial score (nSPS) is 11.8. The number of para-hydroxylation sites is 1. The number of halogens is 2. The van der Waals surface area contributed by atoms with Gasteiger partial charge in [-0.05, 0) is 49.6 Å². The largest absolute Gasteiger partial charge is 0.321 e. The summed E-state index contributed by atoms with van der Waals surface area (Å²) in [4.78, 5) is 25.9. The Kier molecular flexibility index (Phi) is 8.30. The Morgan fingerprint density at radius 2 is 1.57 bits per heavy atom. The Morgan fingerprint density at radius 3 is 2.18 bits per heavy atom. The lowest BCUT2D eigenvalue weighted by atomic mass is 10.1. The molecule has 5 nitrogen and oxygen atoms in total. The number of carbonyl (C=O) groups is 2. The summed E-state index contributed by atoms with van der Waals surface area (Å²) in [6.07, 6.45) is 0.858. The van der Waals surface area contributed by atoms with E-state index in [2.05, 4.69) is 10.6 Å². The van der Waals surface area contributed by atoms with E-state index in [0.29, 0.717) is 22.3 Å². The zero-order chi connectivity index (χ0) is 20.7. The van der Waals surface area contributed by atoms with E-state index in [4.69, 9.17) is 23.2 Å². The van der Waals surface area contributed by atoms with Crippen molar-refractivity contribution < 1.29 is 14.5 Å². The van der Waals surface area contributed by atoms with E-state index in [-0.39, 0.29) is 24.9 Å². The number of nitrogens with one attached hydrogen (secondary N) is 3. The molecule has 0 fully saturated rings. The molecule has 0 bridgehead atoms. The van der Waals surface area contributed by atoms with Crippen molar-refractivity contribution in [1.82, 2.24) is 0 Å². The molecule has 1 unspecified atom stereocenters. The molecular weight excluding hydrogens is 397 g/mol. The molecule has 2 aromatic carbocycles. The van der Waals surface area contributed by atoms with Gasteiger partial charge in [-0.3, -0.25) is 9.59 Å². The molecule has 0 spiro atoms. The van der Waals surface area contributed by atoms with Crippen LogP contribution in [0.2, 0.25) is 10.0 Å². The fourth-order valence-corrected chi connectivity index (χ4v) is 3.37. The quantitative estimate of drug-likeness (QED) is 0.609. The molecule has 2 amide bonds. The number of rotatable bonds is 8. The predicted molar refractivity (Wildman–Crippen MR) is 115 cm³/mol. The van der Waals surface area contributed by atoms with E-state index in [1.165, 1.54) is 0 Å². The SMILES string of the molecule is CCC[NH+](CC(=O)Nc1cc(Cl)ccc1Cl)CC(=O)Nc1c(C)cccc1C. The van der Waals surface area contributed by atoms with Crippen LogP contribution in [0.3, 0.4) is 0 Å². The highest BCUT2D eigenvalue weighted by Gasteiger charge is 2.19. The molecule has 2 aromatic rings. The Labute approximate surface area is 176 Å². The van der Waals surface area contributed by atoms with Crippen LogP contribution in [-0.4, -0.2) is 31.4 Å². The molecule has 0 aromatic heterocycles. The van der Waals surface area contributed by atoms with Crippen LogP contribution in [-0.2, 0) is 9.59 Å². The van der Waals surface area contributed by atoms with E-state index in [1.54, 1.807) is 18.2 Å². The van der Waals surface area contributed by atoms with Crippen LogP contribution in [0, 0.1) is 13.8 Å². The van der Waals surface area contributed by atoms with Crippen molar-refractivity contribution in [1.29, 1.82) is 0 Å². The van der Waals surface area contributed by atoms with Crippen molar-refractivity contribution in [2.75, 3.05) is 30.3 Å². The van der Waals surface area contributed by atoms with E-state index in [9.17, 15) is 9.59 Å². The molecule has 7 heteroatoms. The van der Waals surface area contributed by atoms with Gasteiger partial charge in [0.2, 0.25) is 0 Å². The molecule has 0 saturated carbocycles. The third-order valence-corrected chi connectivity index (χ3v) is 4.94. The molecule has 1 atom stereocenters. The molecule has 0 radical (unpaired) electrons. The number of quaternary nitrogens is 1. The van der Waals surface area contributed by atoms with Crippen LogP contribution in [0.1, 0.15) is 24.5 Å². The zero-order valence-corrected chi connectivity index (χ0v) is 17.9. The molecule has 0 saturated heterocycles. The van der Waals surface area contributed by atoms with Gasteiger partial charge in [0, 0.05) is 10.7 Å². The highest BCUT2D eigenvalue weighted by molar-refractivity contribution is 6.35. The van der Waals surface area contributed by atoms with Crippen molar-refractivity contribution in [2.24, 2.45) is 0 Å². The van der Waals surface area contributed by atoms with Gasteiger partial charge in [0.25, 0.3) is 11.8 Å². The fraction of sp³-hybridized carbons (Fsp3) is 0.333. The van der Waals surface area contributed by atoms with Gasteiger partial charge in [-0.25, -0.2) is 0 Å². The van der Waals surface area contributed by atoms with Crippen molar-refractivity contribution in [3.63, 3.8) is 0 Å². The lowest BCUT2D eigenvalue weighted by Crippen LogP contribution is -3.14. The van der Waals surface area contributed by atoms with Crippen molar-refractivity contribution >= 4 is 46.4 Å². The van der Waals surface area contributed by atoms with Gasteiger partial charge in [-0.15, -0.1) is 0 Å². The average Bonchev–Trinajstić information content (AvgIpc) is 2.61. The van der Waals surface area contributed by atoms with Gasteiger partial charge in [0.05, 0.1) is 17.3 Å². The molecule has 3 N–H and O–H groups in total. The standard InChI is InChI=1S/C21H25Cl2N3O2/c1-4-10-26(12-19(27)24-18-11-16(22)8-9-17(18)23)13-20(28)25-21-14(2)6-5-7-15(21)3/h5-9,11H,4,10,12-13H2,1-3H3,(H,24,27)(H,25,28)/p+1. The first kappa shape index (κ1) is 22.2. The molecule has 0 aliphatic carbocycles. The van der Waals surface area contributed by atoms with E-state index >= 15 is 0 Å². The Hall–Kier alpha value is -2.08. The Morgan fingerprint density at radius 1 is 0.964 bits per heavy atom. The summed E-state index contributed by atoms with van der Waals surface area (Å²) in [6.45, 7) is 7.02. The first-order valence-corrected chi connectivity index (χ1v) is 10.00. The zero-order valence-electron chi connectivity index (χ0n) is 16.4. The maximum absolute atomic E-state index is 12.5. The lowest BCUT2D eigenvalue weighted by Gasteiger charge is -2.19. The van der Waals surface area contributed by atoms with Crippen LogP contribution in [0.25, 0.3) is 0 Å². The lowest BCUT2D eigenvalue weighted by molar-refractivity contribution is -0.883. The molecule has 2 rings (SSSR count). The maximum atomic E-state index is 12.5. The topological polar surface area (TPSA) is 62.6 Å². The van der Waals surface area contributed by atoms with E-state index in [1.807, 2.05) is 39.0 Å². The second-order valence-corrected chi connectivity index (χ2v) is 7.68. The number of aryl methyl sites for hydroxylation is 2. The maximum Gasteiger partial charge on any atom is 0.279 e. The Balaban J connectivity index is 1.99. The molecule has 0 aliphatic rings. The minimum Gasteiger partial charge on any atom is -0.321 e. The number of hydrogen-bond acceptors (Lipinski definition) is 2. The Bertz CT molecular complexity index is 835. The van der Waals surface area contributed by atoms with Gasteiger partial charge in [-0.2, -0.15) is 0 Å². The number of anilines is 2. The van der Waals surface area contributed by atoms with Gasteiger partial charge in [-0.1, -0.05) is 48.3 Å². The summed E-state index contributed by atoms with van der Waals surface area (Å²) in [7, 11) is 0. The molecule has 0 aliphatic heterocycles. The number of amides is 2. The van der Waals surface area contributed by atoms with Crippen molar-refractivity contribution in [3.8, 4) is 0 Å². The highest BCUT2D eigenvalue weighted by atomic mass is 35.5. The van der Waals surface area contributed by atoms with Crippen LogP contribution in [0.4, 0.5) is 11.4 Å². The van der Waals surface area contributed by atoms with E-state index < -0.39 is 0 Å². The van der Waals surface area contributed by atoms with Gasteiger partial charge >= 0.3 is 0 Å². The summed E-state index contributed by atoms with van der Waals surface area (Å²) in [6, 6.07) is 10.8. The summed E-state index contributed by atoms with van der Waals surface area (Å²) in [5.41, 5.74) is 3.32. The first-order valence-electron chi connectivity index (χ1n) is 9.24. The van der Waals surface area contributed by atoms with Crippen LogP contribution in [0.5, 0.6) is 0 Å². The fourth-order valence-electron chi connectivity index (χ4n) is 3.03. The number of benzene rings is 2. The minimum absolute atomic E-state index is 0.116. The summed E-state index contributed by atoms with van der Waals surface area (Å²) >= 11 is 12.1. The molecular formula is C21H26Cl2N3O2+. The van der Waals surface area contributed by atoms with Crippen molar-refractivity contribution in [3.05, 3.63) is 57.6 Å². The molecule has 28 heavy (non-hydrogen) atoms. The molecule has 150 valence electrons. The molecule has 0 heterocycles. The van der Waals surface area contributed by atoms with Crippen LogP contribution < -0.4 is 15.5 Å². The summed E-state index contributed by atoms with van der Waals surface area (Å²) in [5, 5.41) is 6.66. The first-order chi connectivity index (χ1) is 13.3. The summed E-state index contributed by atoms with van der Waals surface area (Å²) in [5.74, 6) is -0.332. The number of carbonyl (C=O) groups excluding carboxylic acids is 2. The second kappa shape index (κ2) is 10.5. The van der Waals surface area contributed by atoms with Gasteiger partial charge in [0.1, 0.15) is 0 Å². The van der Waals surface area contributed by atoms with E-state index in [0.717, 1.165) is 28.1 Å². The van der Waals surface area contributed by atoms with Crippen molar-refractivity contribution in [2.45, 2.75) is 27.2 Å². The summed E-state index contributed by atoms with van der Waals surface area (Å²) < 4.78 is 0. The third kappa shape index (κ3) is 6.51. The highest BCUT2D eigenvalue weighted by Crippen LogP contribution is 2.25. The monoisotopic (exact) mass is 422 g/mol. The second-order valence-electron chi connectivity index (χ2n) is 6.84. The third-order valence-electron chi connectivity index (χ3n) is 4.37. The predicted octanol–water partition coefficient (Wildman–Crippen LogP) is 3.48. The van der Waals surface area contributed by atoms with Crippen LogP contribution in [0.15, 0.2) is 36.4 Å². The average molecular weight is 423 g/mol. The van der Waals surface area contributed by atoms with Gasteiger partial charge < -0.3 is 15.5 Å². The van der Waals surface area contributed by atoms with Crippen LogP contribution >= 0.6 is 23.2 Å².